The Labute approximate surface area is 151 Å². The number of nitrogens with one attached hydrogen (secondary N) is 2. The van der Waals surface area contributed by atoms with Gasteiger partial charge in [0.1, 0.15) is 0 Å². The van der Waals surface area contributed by atoms with E-state index in [0.717, 1.165) is 12.8 Å². The molecule has 7 heteroatoms. The van der Waals surface area contributed by atoms with Crippen molar-refractivity contribution in [3.8, 4) is 0 Å². The van der Waals surface area contributed by atoms with Crippen LogP contribution in [0.25, 0.3) is 0 Å². The van der Waals surface area contributed by atoms with Crippen LogP contribution in [0.4, 0.5) is 10.5 Å². The maximum absolute atomic E-state index is 12.5. The van der Waals surface area contributed by atoms with Crippen LogP contribution in [0.3, 0.4) is 0 Å². The highest BCUT2D eigenvalue weighted by Gasteiger charge is 2.46. The van der Waals surface area contributed by atoms with Crippen LogP contribution in [0.2, 0.25) is 5.02 Å². The standard InChI is InChI=1S/C18H22ClN3O3/c19-11-3-1-6-13(7-11)21-18(24)22-9-14-8-15(16(10-22)25-14)17(23)20-12-4-2-5-12/h1,3,6-7,12,14-16H,2,4-5,8-10H2,(H,20,23)(H,21,24)/t14-,15-,16+/m0/s1. The average Bonchev–Trinajstić information content (AvgIpc) is 2.85. The first-order valence-corrected chi connectivity index (χ1v) is 9.23. The third kappa shape index (κ3) is 3.60. The minimum absolute atomic E-state index is 0.0685. The zero-order chi connectivity index (χ0) is 17.4. The molecule has 2 N–H and O–H groups in total. The summed E-state index contributed by atoms with van der Waals surface area (Å²) in [7, 11) is 0. The van der Waals surface area contributed by atoms with E-state index in [1.165, 1.54) is 6.42 Å². The second-order valence-corrected chi connectivity index (χ2v) is 7.56. The molecule has 1 aliphatic carbocycles. The molecule has 4 rings (SSSR count). The van der Waals surface area contributed by atoms with Crippen LogP contribution in [-0.2, 0) is 9.53 Å². The largest absolute Gasteiger partial charge is 0.370 e. The van der Waals surface area contributed by atoms with Gasteiger partial charge in [0.05, 0.1) is 18.1 Å². The Kier molecular flexibility index (Phi) is 4.56. The first-order valence-electron chi connectivity index (χ1n) is 8.86. The summed E-state index contributed by atoms with van der Waals surface area (Å²) in [6.07, 6.45) is 3.73. The van der Waals surface area contributed by atoms with Crippen LogP contribution in [0, 0.1) is 5.92 Å². The lowest BCUT2D eigenvalue weighted by atomic mass is 9.91. The molecular formula is C18H22ClN3O3. The summed E-state index contributed by atoms with van der Waals surface area (Å²) in [6.45, 7) is 0.946. The number of benzene rings is 1. The first kappa shape index (κ1) is 16.7. The number of nitrogens with zero attached hydrogens (tertiary/aromatic N) is 1. The average molecular weight is 364 g/mol. The van der Waals surface area contributed by atoms with E-state index in [1.54, 1.807) is 29.2 Å². The number of hydrogen-bond acceptors (Lipinski definition) is 3. The summed E-state index contributed by atoms with van der Waals surface area (Å²) in [5, 5.41) is 6.55. The highest BCUT2D eigenvalue weighted by molar-refractivity contribution is 6.30. The van der Waals surface area contributed by atoms with Crippen molar-refractivity contribution >= 4 is 29.2 Å². The predicted octanol–water partition coefficient (Wildman–Crippen LogP) is 2.63. The maximum Gasteiger partial charge on any atom is 0.322 e. The summed E-state index contributed by atoms with van der Waals surface area (Å²) in [4.78, 5) is 26.7. The summed E-state index contributed by atoms with van der Waals surface area (Å²) in [5.41, 5.74) is 0.663. The van der Waals surface area contributed by atoms with Crippen molar-refractivity contribution in [2.45, 2.75) is 43.9 Å². The number of fused-ring (bicyclic) bond motifs is 2. The lowest BCUT2D eigenvalue weighted by Gasteiger charge is -2.33. The summed E-state index contributed by atoms with van der Waals surface area (Å²) < 4.78 is 5.91. The first-order chi connectivity index (χ1) is 12.1. The Morgan fingerprint density at radius 2 is 2.08 bits per heavy atom. The van der Waals surface area contributed by atoms with E-state index in [0.29, 0.717) is 36.3 Å². The van der Waals surface area contributed by atoms with Crippen LogP contribution >= 0.6 is 11.6 Å². The molecule has 6 nitrogen and oxygen atoms in total. The van der Waals surface area contributed by atoms with Gasteiger partial charge in [-0.2, -0.15) is 0 Å². The third-order valence-corrected chi connectivity index (χ3v) is 5.54. The van der Waals surface area contributed by atoms with Crippen LogP contribution < -0.4 is 10.6 Å². The van der Waals surface area contributed by atoms with Crippen LogP contribution in [0.1, 0.15) is 25.7 Å². The molecule has 3 atom stereocenters. The topological polar surface area (TPSA) is 70.7 Å². The van der Waals surface area contributed by atoms with Gasteiger partial charge < -0.3 is 20.3 Å². The minimum Gasteiger partial charge on any atom is -0.370 e. The molecule has 1 saturated carbocycles. The van der Waals surface area contributed by atoms with Gasteiger partial charge in [-0.15, -0.1) is 0 Å². The van der Waals surface area contributed by atoms with Crippen molar-refractivity contribution in [2.24, 2.45) is 5.92 Å². The Morgan fingerprint density at radius 1 is 1.24 bits per heavy atom. The number of hydrogen-bond donors (Lipinski definition) is 2. The van der Waals surface area contributed by atoms with Gasteiger partial charge in [-0.3, -0.25) is 4.79 Å². The molecule has 3 fully saturated rings. The van der Waals surface area contributed by atoms with Gasteiger partial charge in [-0.25, -0.2) is 4.79 Å². The van der Waals surface area contributed by atoms with Crippen LogP contribution in [-0.4, -0.2) is 48.2 Å². The molecule has 3 aliphatic rings. The van der Waals surface area contributed by atoms with Gasteiger partial charge in [-0.05, 0) is 43.9 Å². The fourth-order valence-electron chi connectivity index (χ4n) is 3.73. The molecule has 0 unspecified atom stereocenters. The van der Waals surface area contributed by atoms with E-state index in [2.05, 4.69) is 10.6 Å². The van der Waals surface area contributed by atoms with Gasteiger partial charge >= 0.3 is 6.03 Å². The van der Waals surface area contributed by atoms with Crippen molar-refractivity contribution < 1.29 is 14.3 Å². The highest BCUT2D eigenvalue weighted by atomic mass is 35.5. The molecule has 0 radical (unpaired) electrons. The maximum atomic E-state index is 12.5. The van der Waals surface area contributed by atoms with E-state index < -0.39 is 0 Å². The molecule has 0 spiro atoms. The molecule has 2 heterocycles. The van der Waals surface area contributed by atoms with Gasteiger partial charge in [0.15, 0.2) is 0 Å². The van der Waals surface area contributed by atoms with E-state index >= 15 is 0 Å². The number of morpholine rings is 1. The van der Waals surface area contributed by atoms with Crippen molar-refractivity contribution in [1.29, 1.82) is 0 Å². The molecule has 0 aromatic heterocycles. The number of likely N-dealkylation sites (tertiary alicyclic amines) is 1. The summed E-state index contributed by atoms with van der Waals surface area (Å²) in [6, 6.07) is 7.21. The quantitative estimate of drug-likeness (QED) is 0.867. The highest BCUT2D eigenvalue weighted by Crippen LogP contribution is 2.33. The minimum atomic E-state index is -0.219. The Balaban J connectivity index is 1.36. The molecule has 2 bridgehead atoms. The number of anilines is 1. The van der Waals surface area contributed by atoms with Crippen LogP contribution in [0.5, 0.6) is 0 Å². The number of amides is 3. The number of rotatable bonds is 3. The number of ether oxygens (including phenoxy) is 1. The summed E-state index contributed by atoms with van der Waals surface area (Å²) >= 11 is 5.95. The number of urea groups is 1. The Hall–Kier alpha value is -1.79. The van der Waals surface area contributed by atoms with Crippen molar-refractivity contribution in [3.05, 3.63) is 29.3 Å². The SMILES string of the molecule is O=C(NC1CCC1)[C@H]1C[C@H]2CN(C(=O)Nc3cccc(Cl)c3)C[C@H]1O2. The molecule has 1 aromatic carbocycles. The van der Waals surface area contributed by atoms with Crippen molar-refractivity contribution in [1.82, 2.24) is 10.2 Å². The van der Waals surface area contributed by atoms with E-state index in [-0.39, 0.29) is 30.1 Å². The fraction of sp³-hybridized carbons (Fsp3) is 0.556. The predicted molar refractivity (Wildman–Crippen MR) is 94.6 cm³/mol. The van der Waals surface area contributed by atoms with Gasteiger partial charge in [-0.1, -0.05) is 17.7 Å². The lowest BCUT2D eigenvalue weighted by molar-refractivity contribution is -0.128. The van der Waals surface area contributed by atoms with E-state index in [9.17, 15) is 9.59 Å². The lowest BCUT2D eigenvalue weighted by Crippen LogP contribution is -2.50. The number of halogens is 1. The van der Waals surface area contributed by atoms with E-state index in [4.69, 9.17) is 16.3 Å². The van der Waals surface area contributed by atoms with Crippen LogP contribution in [0.15, 0.2) is 24.3 Å². The normalized spacial score (nSPS) is 28.4. The Morgan fingerprint density at radius 3 is 2.80 bits per heavy atom. The number of carbonyl (C=O) groups is 2. The molecule has 2 saturated heterocycles. The zero-order valence-electron chi connectivity index (χ0n) is 13.9. The van der Waals surface area contributed by atoms with Crippen molar-refractivity contribution in [2.75, 3.05) is 18.4 Å². The fourth-order valence-corrected chi connectivity index (χ4v) is 3.92. The second kappa shape index (κ2) is 6.84. The van der Waals surface area contributed by atoms with Gasteiger partial charge in [0.25, 0.3) is 0 Å². The van der Waals surface area contributed by atoms with Gasteiger partial charge in [0.2, 0.25) is 5.91 Å². The second-order valence-electron chi connectivity index (χ2n) is 7.12. The molecule has 2 aliphatic heterocycles. The Bertz CT molecular complexity index is 679. The molecule has 25 heavy (non-hydrogen) atoms. The monoisotopic (exact) mass is 363 g/mol. The molecular weight excluding hydrogens is 342 g/mol. The number of carbonyl (C=O) groups excluding carboxylic acids is 2. The molecule has 1 aromatic rings. The summed E-state index contributed by atoms with van der Waals surface area (Å²) in [5.74, 6) is -0.0798. The zero-order valence-corrected chi connectivity index (χ0v) is 14.7. The van der Waals surface area contributed by atoms with E-state index in [1.807, 2.05) is 0 Å². The smallest absolute Gasteiger partial charge is 0.322 e. The van der Waals surface area contributed by atoms with Gasteiger partial charge in [0, 0.05) is 29.8 Å². The van der Waals surface area contributed by atoms with Crippen molar-refractivity contribution in [3.63, 3.8) is 0 Å². The molecule has 134 valence electrons. The molecule has 3 amide bonds. The third-order valence-electron chi connectivity index (χ3n) is 5.31.